The highest BCUT2D eigenvalue weighted by molar-refractivity contribution is 6.30. The van der Waals surface area contributed by atoms with Crippen LogP contribution in [0.4, 0.5) is 23.7 Å². The number of hydrogen-bond donors (Lipinski definition) is 2. The minimum absolute atomic E-state index is 0.000126. The molecule has 1 heterocycles. The minimum atomic E-state index is -4.74. The van der Waals surface area contributed by atoms with Crippen LogP contribution in [0.1, 0.15) is 12.0 Å². The van der Waals surface area contributed by atoms with E-state index < -0.39 is 12.4 Å². The predicted molar refractivity (Wildman–Crippen MR) is 100 cm³/mol. The molecule has 9 heteroatoms. The Morgan fingerprint density at radius 2 is 1.82 bits per heavy atom. The van der Waals surface area contributed by atoms with E-state index in [-0.39, 0.29) is 11.8 Å². The summed E-state index contributed by atoms with van der Waals surface area (Å²) in [5.41, 5.74) is 1.53. The van der Waals surface area contributed by atoms with Crippen molar-refractivity contribution in [2.24, 2.45) is 0 Å². The van der Waals surface area contributed by atoms with Gasteiger partial charge >= 0.3 is 12.4 Å². The molecular formula is C19H19ClF3N3O2. The Labute approximate surface area is 165 Å². The van der Waals surface area contributed by atoms with E-state index >= 15 is 0 Å². The summed E-state index contributed by atoms with van der Waals surface area (Å²) < 4.78 is 40.3. The van der Waals surface area contributed by atoms with Gasteiger partial charge in [0.2, 0.25) is 0 Å². The first kappa shape index (κ1) is 20.3. The summed E-state index contributed by atoms with van der Waals surface area (Å²) in [5, 5.41) is 6.18. The summed E-state index contributed by atoms with van der Waals surface area (Å²) in [4.78, 5) is 14.4. The number of likely N-dealkylation sites (tertiary alicyclic amines) is 1. The summed E-state index contributed by atoms with van der Waals surface area (Å²) in [5.74, 6) is -0.341. The van der Waals surface area contributed by atoms with Gasteiger partial charge in [0.15, 0.2) is 0 Å². The molecule has 2 amide bonds. The number of amides is 2. The summed E-state index contributed by atoms with van der Waals surface area (Å²) in [6.45, 7) is 2.35. The molecule has 1 saturated heterocycles. The zero-order valence-corrected chi connectivity index (χ0v) is 15.6. The monoisotopic (exact) mass is 413 g/mol. The molecule has 28 heavy (non-hydrogen) atoms. The van der Waals surface area contributed by atoms with Gasteiger partial charge in [0.25, 0.3) is 0 Å². The van der Waals surface area contributed by atoms with Gasteiger partial charge < -0.3 is 15.4 Å². The molecule has 1 unspecified atom stereocenters. The number of urea groups is 1. The van der Waals surface area contributed by atoms with Crippen molar-refractivity contribution >= 4 is 23.3 Å². The molecule has 0 aromatic heterocycles. The third kappa shape index (κ3) is 6.31. The lowest BCUT2D eigenvalue weighted by atomic mass is 10.2. The lowest BCUT2D eigenvalue weighted by molar-refractivity contribution is -0.274. The Hall–Kier alpha value is -2.45. The lowest BCUT2D eigenvalue weighted by Crippen LogP contribution is -2.39. The van der Waals surface area contributed by atoms with Gasteiger partial charge in [-0.3, -0.25) is 4.90 Å². The third-order valence-corrected chi connectivity index (χ3v) is 4.52. The first-order valence-corrected chi connectivity index (χ1v) is 9.05. The van der Waals surface area contributed by atoms with Crippen molar-refractivity contribution < 1.29 is 22.7 Å². The third-order valence-electron chi connectivity index (χ3n) is 4.27. The second-order valence-corrected chi connectivity index (χ2v) is 6.95. The Balaban J connectivity index is 1.44. The summed E-state index contributed by atoms with van der Waals surface area (Å²) in [7, 11) is 0. The number of nitrogens with zero attached hydrogens (tertiary/aromatic N) is 1. The van der Waals surface area contributed by atoms with Crippen molar-refractivity contribution in [2.75, 3.05) is 18.4 Å². The normalized spacial score (nSPS) is 17.4. The van der Waals surface area contributed by atoms with Gasteiger partial charge in [0.1, 0.15) is 5.75 Å². The average molecular weight is 414 g/mol. The molecule has 0 radical (unpaired) electrons. The molecule has 2 aromatic carbocycles. The van der Waals surface area contributed by atoms with Crippen LogP contribution in [-0.4, -0.2) is 36.4 Å². The predicted octanol–water partition coefficient (Wildman–Crippen LogP) is 4.63. The van der Waals surface area contributed by atoms with Gasteiger partial charge in [0.05, 0.1) is 0 Å². The van der Waals surface area contributed by atoms with E-state index in [0.29, 0.717) is 17.3 Å². The Kier molecular flexibility index (Phi) is 6.31. The van der Waals surface area contributed by atoms with Gasteiger partial charge in [-0.1, -0.05) is 23.7 Å². The standard InChI is InChI=1S/C19H19ClF3N3O2/c20-14-3-1-13(2-4-14)11-26-10-9-16(12-26)25-18(27)24-15-5-7-17(8-6-15)28-19(21,22)23/h1-8,16H,9-12H2,(H2,24,25,27). The number of ether oxygens (including phenoxy) is 1. The van der Waals surface area contributed by atoms with E-state index in [4.69, 9.17) is 11.6 Å². The summed E-state index contributed by atoms with van der Waals surface area (Å²) in [6, 6.07) is 12.2. The largest absolute Gasteiger partial charge is 0.573 e. The molecule has 0 saturated carbocycles. The molecule has 1 aliphatic heterocycles. The summed E-state index contributed by atoms with van der Waals surface area (Å²) in [6.07, 6.45) is -3.92. The highest BCUT2D eigenvalue weighted by Gasteiger charge is 2.31. The van der Waals surface area contributed by atoms with Crippen LogP contribution >= 0.6 is 11.6 Å². The van der Waals surface area contributed by atoms with Crippen LogP contribution in [0, 0.1) is 0 Å². The van der Waals surface area contributed by atoms with Gasteiger partial charge in [0, 0.05) is 36.4 Å². The number of nitrogens with one attached hydrogen (secondary N) is 2. The summed E-state index contributed by atoms with van der Waals surface area (Å²) >= 11 is 5.89. The molecular weight excluding hydrogens is 395 g/mol. The fraction of sp³-hybridized carbons (Fsp3) is 0.316. The van der Waals surface area contributed by atoms with Crippen LogP contribution in [0.2, 0.25) is 5.02 Å². The highest BCUT2D eigenvalue weighted by atomic mass is 35.5. The first-order valence-electron chi connectivity index (χ1n) is 8.67. The zero-order valence-electron chi connectivity index (χ0n) is 14.8. The Morgan fingerprint density at radius 1 is 1.14 bits per heavy atom. The molecule has 0 spiro atoms. The molecule has 5 nitrogen and oxygen atoms in total. The van der Waals surface area contributed by atoms with Crippen molar-refractivity contribution in [3.8, 4) is 5.75 Å². The number of benzene rings is 2. The number of rotatable bonds is 5. The number of anilines is 1. The molecule has 1 atom stereocenters. The molecule has 3 rings (SSSR count). The van der Waals surface area contributed by atoms with E-state index in [9.17, 15) is 18.0 Å². The lowest BCUT2D eigenvalue weighted by Gasteiger charge is -2.17. The second-order valence-electron chi connectivity index (χ2n) is 6.52. The average Bonchev–Trinajstić information content (AvgIpc) is 3.04. The maximum Gasteiger partial charge on any atom is 0.573 e. The quantitative estimate of drug-likeness (QED) is 0.751. The number of hydrogen-bond acceptors (Lipinski definition) is 3. The SMILES string of the molecule is O=C(Nc1ccc(OC(F)(F)F)cc1)NC1CCN(Cc2ccc(Cl)cc2)C1. The second kappa shape index (κ2) is 8.70. The van der Waals surface area contributed by atoms with Gasteiger partial charge in [-0.05, 0) is 48.4 Å². The van der Waals surface area contributed by atoms with Crippen molar-refractivity contribution in [1.82, 2.24) is 10.2 Å². The van der Waals surface area contributed by atoms with Crippen LogP contribution in [0.15, 0.2) is 48.5 Å². The Morgan fingerprint density at radius 3 is 2.46 bits per heavy atom. The number of alkyl halides is 3. The van der Waals surface area contributed by atoms with E-state index in [1.165, 1.54) is 12.1 Å². The van der Waals surface area contributed by atoms with Crippen LogP contribution in [0.25, 0.3) is 0 Å². The van der Waals surface area contributed by atoms with Crippen LogP contribution < -0.4 is 15.4 Å². The number of halogens is 4. The number of carbonyl (C=O) groups is 1. The first-order chi connectivity index (χ1) is 13.3. The van der Waals surface area contributed by atoms with E-state index in [1.54, 1.807) is 0 Å². The molecule has 2 aromatic rings. The van der Waals surface area contributed by atoms with Gasteiger partial charge in [-0.25, -0.2) is 4.79 Å². The fourth-order valence-electron chi connectivity index (χ4n) is 3.03. The number of carbonyl (C=O) groups excluding carboxylic acids is 1. The molecule has 150 valence electrons. The molecule has 0 bridgehead atoms. The molecule has 2 N–H and O–H groups in total. The molecule has 0 aliphatic carbocycles. The van der Waals surface area contributed by atoms with Crippen LogP contribution in [0.5, 0.6) is 5.75 Å². The maximum atomic E-state index is 12.2. The fourth-order valence-corrected chi connectivity index (χ4v) is 3.16. The molecule has 1 fully saturated rings. The van der Waals surface area contributed by atoms with Crippen molar-refractivity contribution in [1.29, 1.82) is 0 Å². The smallest absolute Gasteiger partial charge is 0.406 e. The minimum Gasteiger partial charge on any atom is -0.406 e. The van der Waals surface area contributed by atoms with Gasteiger partial charge in [-0.2, -0.15) is 0 Å². The van der Waals surface area contributed by atoms with Crippen molar-refractivity contribution in [3.05, 3.63) is 59.1 Å². The Bertz CT molecular complexity index is 798. The zero-order chi connectivity index (χ0) is 20.1. The van der Waals surface area contributed by atoms with Crippen LogP contribution in [-0.2, 0) is 6.54 Å². The maximum absolute atomic E-state index is 12.2. The van der Waals surface area contributed by atoms with Gasteiger partial charge in [-0.15, -0.1) is 13.2 Å². The highest BCUT2D eigenvalue weighted by Crippen LogP contribution is 2.24. The van der Waals surface area contributed by atoms with E-state index in [2.05, 4.69) is 20.3 Å². The topological polar surface area (TPSA) is 53.6 Å². The molecule has 1 aliphatic rings. The van der Waals surface area contributed by atoms with Crippen molar-refractivity contribution in [2.45, 2.75) is 25.4 Å². The van der Waals surface area contributed by atoms with E-state index in [0.717, 1.165) is 37.2 Å². The van der Waals surface area contributed by atoms with Crippen LogP contribution in [0.3, 0.4) is 0 Å². The van der Waals surface area contributed by atoms with E-state index in [1.807, 2.05) is 24.3 Å². The van der Waals surface area contributed by atoms with Crippen molar-refractivity contribution in [3.63, 3.8) is 0 Å².